The maximum absolute atomic E-state index is 5.95. The predicted octanol–water partition coefficient (Wildman–Crippen LogP) is 3.73. The first-order valence-electron chi connectivity index (χ1n) is 7.21. The van der Waals surface area contributed by atoms with Gasteiger partial charge in [-0.1, -0.05) is 54.6 Å². The summed E-state index contributed by atoms with van der Waals surface area (Å²) in [7, 11) is 0. The first kappa shape index (κ1) is 12.4. The molecule has 1 unspecified atom stereocenters. The summed E-state index contributed by atoms with van der Waals surface area (Å²) in [5.41, 5.74) is 3.80. The topological polar surface area (TPSA) is 38.1 Å². The highest BCUT2D eigenvalue weighted by molar-refractivity contribution is 5.55. The Hall–Kier alpha value is -2.39. The summed E-state index contributed by atoms with van der Waals surface area (Å²) in [5, 5.41) is 3.50. The number of hydrogen-bond acceptors (Lipinski definition) is 3. The summed E-state index contributed by atoms with van der Waals surface area (Å²) >= 11 is 0. The highest BCUT2D eigenvalue weighted by atomic mass is 16.4. The third-order valence-electron chi connectivity index (χ3n) is 3.96. The normalized spacial score (nSPS) is 17.4. The largest absolute Gasteiger partial charge is 0.439 e. The highest BCUT2D eigenvalue weighted by Gasteiger charge is 2.23. The fourth-order valence-corrected chi connectivity index (χ4v) is 2.81. The monoisotopic (exact) mass is 276 g/mol. The molecule has 4 rings (SSSR count). The van der Waals surface area contributed by atoms with Gasteiger partial charge in [0.15, 0.2) is 5.76 Å². The van der Waals surface area contributed by atoms with Crippen LogP contribution in [0.15, 0.2) is 65.2 Å². The van der Waals surface area contributed by atoms with E-state index in [1.54, 1.807) is 0 Å². The van der Waals surface area contributed by atoms with E-state index in [-0.39, 0.29) is 6.04 Å². The van der Waals surface area contributed by atoms with Crippen molar-refractivity contribution < 1.29 is 4.42 Å². The SMILES string of the molecule is c1ccc(-c2cnc(C3Cc4ccccc4CN3)o2)cc1. The molecule has 21 heavy (non-hydrogen) atoms. The molecule has 1 atom stereocenters. The van der Waals surface area contributed by atoms with Crippen LogP contribution in [-0.4, -0.2) is 4.98 Å². The van der Waals surface area contributed by atoms with Gasteiger partial charge >= 0.3 is 0 Å². The van der Waals surface area contributed by atoms with Gasteiger partial charge in [0.25, 0.3) is 0 Å². The molecule has 1 N–H and O–H groups in total. The highest BCUT2D eigenvalue weighted by Crippen LogP contribution is 2.28. The van der Waals surface area contributed by atoms with E-state index in [9.17, 15) is 0 Å². The lowest BCUT2D eigenvalue weighted by atomic mass is 9.96. The molecule has 0 fully saturated rings. The molecule has 1 aliphatic rings. The van der Waals surface area contributed by atoms with Crippen molar-refractivity contribution in [2.24, 2.45) is 0 Å². The summed E-state index contributed by atoms with van der Waals surface area (Å²) in [4.78, 5) is 4.46. The smallest absolute Gasteiger partial charge is 0.212 e. The van der Waals surface area contributed by atoms with Crippen molar-refractivity contribution in [3.63, 3.8) is 0 Å². The molecule has 0 spiro atoms. The number of fused-ring (bicyclic) bond motifs is 1. The van der Waals surface area contributed by atoms with Gasteiger partial charge in [0.2, 0.25) is 5.89 Å². The standard InChI is InChI=1S/C18H16N2O/c1-2-6-13(7-3-1)17-12-20-18(21-17)16-10-14-8-4-5-9-15(14)11-19-16/h1-9,12,16,19H,10-11H2. The van der Waals surface area contributed by atoms with Crippen LogP contribution in [0.25, 0.3) is 11.3 Å². The van der Waals surface area contributed by atoms with Crippen LogP contribution in [0.5, 0.6) is 0 Å². The van der Waals surface area contributed by atoms with Crippen LogP contribution in [0.4, 0.5) is 0 Å². The Bertz CT molecular complexity index is 749. The van der Waals surface area contributed by atoms with Crippen LogP contribution in [0.2, 0.25) is 0 Å². The van der Waals surface area contributed by atoms with Crippen molar-refractivity contribution in [2.75, 3.05) is 0 Å². The molecular formula is C18H16N2O. The Morgan fingerprint density at radius 1 is 0.952 bits per heavy atom. The van der Waals surface area contributed by atoms with E-state index in [1.807, 2.05) is 36.5 Å². The summed E-state index contributed by atoms with van der Waals surface area (Å²) in [5.74, 6) is 1.59. The Morgan fingerprint density at radius 3 is 2.57 bits per heavy atom. The maximum atomic E-state index is 5.95. The molecule has 0 radical (unpaired) electrons. The Morgan fingerprint density at radius 2 is 1.71 bits per heavy atom. The van der Waals surface area contributed by atoms with E-state index in [0.29, 0.717) is 0 Å². The summed E-state index contributed by atoms with van der Waals surface area (Å²) in [6.45, 7) is 0.865. The van der Waals surface area contributed by atoms with Gasteiger partial charge in [-0.2, -0.15) is 0 Å². The number of rotatable bonds is 2. The molecule has 3 aromatic rings. The lowest BCUT2D eigenvalue weighted by molar-refractivity contribution is 0.386. The van der Waals surface area contributed by atoms with Crippen molar-refractivity contribution >= 4 is 0 Å². The molecule has 104 valence electrons. The Balaban J connectivity index is 1.60. The van der Waals surface area contributed by atoms with Gasteiger partial charge in [-0.3, -0.25) is 0 Å². The van der Waals surface area contributed by atoms with Crippen LogP contribution >= 0.6 is 0 Å². The van der Waals surface area contributed by atoms with E-state index >= 15 is 0 Å². The second-order valence-electron chi connectivity index (χ2n) is 5.34. The van der Waals surface area contributed by atoms with Crippen LogP contribution in [0.1, 0.15) is 23.1 Å². The number of hydrogen-bond donors (Lipinski definition) is 1. The van der Waals surface area contributed by atoms with E-state index in [4.69, 9.17) is 4.42 Å². The molecule has 0 saturated heterocycles. The van der Waals surface area contributed by atoms with Gasteiger partial charge in [0.1, 0.15) is 0 Å². The third kappa shape index (κ3) is 2.36. The minimum Gasteiger partial charge on any atom is -0.439 e. The molecule has 0 saturated carbocycles. The van der Waals surface area contributed by atoms with Crippen molar-refractivity contribution in [3.05, 3.63) is 77.8 Å². The maximum Gasteiger partial charge on any atom is 0.212 e. The summed E-state index contributed by atoms with van der Waals surface area (Å²) < 4.78 is 5.95. The third-order valence-corrected chi connectivity index (χ3v) is 3.96. The van der Waals surface area contributed by atoms with Crippen molar-refractivity contribution in [2.45, 2.75) is 19.0 Å². The number of nitrogens with one attached hydrogen (secondary N) is 1. The van der Waals surface area contributed by atoms with Gasteiger partial charge in [-0.05, 0) is 17.5 Å². The molecule has 1 aliphatic heterocycles. The van der Waals surface area contributed by atoms with Gasteiger partial charge in [0.05, 0.1) is 12.2 Å². The molecular weight excluding hydrogens is 260 g/mol. The second kappa shape index (κ2) is 5.19. The average molecular weight is 276 g/mol. The van der Waals surface area contributed by atoms with Crippen LogP contribution < -0.4 is 5.32 Å². The zero-order valence-corrected chi connectivity index (χ0v) is 11.6. The molecule has 3 heteroatoms. The first-order valence-corrected chi connectivity index (χ1v) is 7.21. The van der Waals surface area contributed by atoms with Gasteiger partial charge in [-0.15, -0.1) is 0 Å². The fraction of sp³-hybridized carbons (Fsp3) is 0.167. The Labute approximate surface area is 123 Å². The predicted molar refractivity (Wildman–Crippen MR) is 81.7 cm³/mol. The van der Waals surface area contributed by atoms with Gasteiger partial charge in [0, 0.05) is 12.1 Å². The van der Waals surface area contributed by atoms with Crippen molar-refractivity contribution in [3.8, 4) is 11.3 Å². The fourth-order valence-electron chi connectivity index (χ4n) is 2.81. The van der Waals surface area contributed by atoms with Crippen LogP contribution in [0.3, 0.4) is 0 Å². The molecule has 3 nitrogen and oxygen atoms in total. The van der Waals surface area contributed by atoms with Crippen LogP contribution in [-0.2, 0) is 13.0 Å². The van der Waals surface area contributed by atoms with E-state index in [0.717, 1.165) is 30.2 Å². The molecule has 2 heterocycles. The van der Waals surface area contributed by atoms with Crippen LogP contribution in [0, 0.1) is 0 Å². The minimum absolute atomic E-state index is 0.150. The number of benzene rings is 2. The summed E-state index contributed by atoms with van der Waals surface area (Å²) in [6, 6.07) is 18.8. The quantitative estimate of drug-likeness (QED) is 0.775. The number of oxazole rings is 1. The lowest BCUT2D eigenvalue weighted by Gasteiger charge is -2.23. The zero-order valence-electron chi connectivity index (χ0n) is 11.6. The van der Waals surface area contributed by atoms with E-state index < -0.39 is 0 Å². The number of aromatic nitrogens is 1. The molecule has 1 aromatic heterocycles. The zero-order chi connectivity index (χ0) is 14.1. The van der Waals surface area contributed by atoms with Gasteiger partial charge < -0.3 is 9.73 Å². The average Bonchev–Trinajstić information content (AvgIpc) is 3.05. The summed E-state index contributed by atoms with van der Waals surface area (Å²) in [6.07, 6.45) is 2.73. The second-order valence-corrected chi connectivity index (χ2v) is 5.34. The van der Waals surface area contributed by atoms with Crippen molar-refractivity contribution in [1.82, 2.24) is 10.3 Å². The molecule has 2 aromatic carbocycles. The molecule has 0 bridgehead atoms. The van der Waals surface area contributed by atoms with Gasteiger partial charge in [-0.25, -0.2) is 4.98 Å². The van der Waals surface area contributed by atoms with E-state index in [1.165, 1.54) is 11.1 Å². The van der Waals surface area contributed by atoms with Crippen molar-refractivity contribution in [1.29, 1.82) is 0 Å². The van der Waals surface area contributed by atoms with E-state index in [2.05, 4.69) is 34.6 Å². The number of nitrogens with zero attached hydrogens (tertiary/aromatic N) is 1. The molecule has 0 aliphatic carbocycles. The molecule has 0 amide bonds. The minimum atomic E-state index is 0.150. The lowest BCUT2D eigenvalue weighted by Crippen LogP contribution is -2.28. The first-order chi connectivity index (χ1) is 10.4. The Kier molecular flexibility index (Phi) is 3.05.